The fraction of sp³-hybridized carbons (Fsp3) is 0.441. The number of alkyl halides is 1. The first-order valence-electron chi connectivity index (χ1n) is 15.7. The molecule has 2 aromatic carbocycles. The molecule has 0 amide bonds. The molecule has 7 heterocycles. The molecule has 4 fully saturated rings. The van der Waals surface area contributed by atoms with Gasteiger partial charge in [-0.05, 0) is 55.8 Å². The lowest BCUT2D eigenvalue weighted by Gasteiger charge is -2.40. The van der Waals surface area contributed by atoms with E-state index in [2.05, 4.69) is 26.0 Å². The lowest BCUT2D eigenvalue weighted by Crippen LogP contribution is -2.60. The van der Waals surface area contributed by atoms with Crippen LogP contribution in [0.15, 0.2) is 30.3 Å². The summed E-state index contributed by atoms with van der Waals surface area (Å²) in [5, 5.41) is 16.0. The molecule has 2 N–H and O–H groups in total. The summed E-state index contributed by atoms with van der Waals surface area (Å²) in [7, 11) is 0. The van der Waals surface area contributed by atoms with Crippen molar-refractivity contribution in [1.82, 2.24) is 25.2 Å². The third-order valence-corrected chi connectivity index (χ3v) is 10.5. The summed E-state index contributed by atoms with van der Waals surface area (Å²) in [5.41, 5.74) is 0.457. The fourth-order valence-electron chi connectivity index (χ4n) is 8.53. The molecule has 9 rings (SSSR count). The monoisotopic (exact) mass is 610 g/mol. The van der Waals surface area contributed by atoms with Gasteiger partial charge in [0.05, 0.1) is 11.6 Å². The van der Waals surface area contributed by atoms with Crippen LogP contribution in [0.25, 0.3) is 32.9 Å². The van der Waals surface area contributed by atoms with E-state index >= 15 is 4.39 Å². The molecule has 4 saturated heterocycles. The minimum atomic E-state index is -0.899. The molecular weight excluding hydrogens is 578 g/mol. The quantitative estimate of drug-likeness (QED) is 0.328. The van der Waals surface area contributed by atoms with Gasteiger partial charge in [-0.15, -0.1) is 6.42 Å². The van der Waals surface area contributed by atoms with Crippen molar-refractivity contribution in [1.29, 1.82) is 0 Å². The van der Waals surface area contributed by atoms with Crippen LogP contribution in [0.2, 0.25) is 0 Å². The maximum absolute atomic E-state index is 17.0. The molecule has 5 aliphatic heterocycles. The normalized spacial score (nSPS) is 28.5. The van der Waals surface area contributed by atoms with Gasteiger partial charge in [0.15, 0.2) is 5.82 Å². The number of hydrogen-bond donors (Lipinski definition) is 2. The minimum Gasteiger partial charge on any atom is -0.508 e. The van der Waals surface area contributed by atoms with Crippen molar-refractivity contribution in [3.63, 3.8) is 0 Å². The van der Waals surface area contributed by atoms with Crippen LogP contribution in [0.1, 0.15) is 37.7 Å². The molecule has 230 valence electrons. The van der Waals surface area contributed by atoms with Crippen molar-refractivity contribution < 1.29 is 23.4 Å². The highest BCUT2D eigenvalue weighted by atomic mass is 19.1. The van der Waals surface area contributed by atoms with Gasteiger partial charge in [0, 0.05) is 48.1 Å². The van der Waals surface area contributed by atoms with E-state index in [0.717, 1.165) is 32.2 Å². The predicted octanol–water partition coefficient (Wildman–Crippen LogP) is 4.33. The highest BCUT2D eigenvalue weighted by Gasteiger charge is 2.50. The van der Waals surface area contributed by atoms with E-state index in [0.29, 0.717) is 59.2 Å². The molecule has 0 radical (unpaired) electrons. The Labute approximate surface area is 258 Å². The third-order valence-electron chi connectivity index (χ3n) is 10.5. The number of phenols is 1. The predicted molar refractivity (Wildman–Crippen MR) is 165 cm³/mol. The SMILES string of the molecule is C#Cc1cccc2cc(O)cc(-c3nc4c5c(nc(OC[C@@]67CCCN6C[C@H](F)C7)nc5c3F)N3CC5CCC(N5)C3CO4)c12. The first-order chi connectivity index (χ1) is 21.9. The fourth-order valence-corrected chi connectivity index (χ4v) is 8.53. The number of phenolic OH excluding ortho intramolecular Hbond substituents is 1. The summed E-state index contributed by atoms with van der Waals surface area (Å²) in [6.45, 7) is 2.47. The summed E-state index contributed by atoms with van der Waals surface area (Å²) >= 11 is 0. The van der Waals surface area contributed by atoms with Crippen molar-refractivity contribution in [2.45, 2.75) is 61.9 Å². The third kappa shape index (κ3) is 4.08. The van der Waals surface area contributed by atoms with Crippen LogP contribution >= 0.6 is 0 Å². The van der Waals surface area contributed by atoms with Gasteiger partial charge in [0.1, 0.15) is 47.5 Å². The van der Waals surface area contributed by atoms with Crippen LogP contribution in [-0.2, 0) is 0 Å². The Morgan fingerprint density at radius 1 is 1.18 bits per heavy atom. The molecule has 2 bridgehead atoms. The molecular formula is C34H32F2N6O3. The number of halogens is 2. The van der Waals surface area contributed by atoms with E-state index < -0.39 is 17.5 Å². The number of ether oxygens (including phenoxy) is 2. The molecule has 3 unspecified atom stereocenters. The number of aromatic hydroxyl groups is 1. The van der Waals surface area contributed by atoms with Gasteiger partial charge in [-0.3, -0.25) is 4.90 Å². The van der Waals surface area contributed by atoms with Gasteiger partial charge >= 0.3 is 6.01 Å². The Morgan fingerprint density at radius 3 is 2.98 bits per heavy atom. The molecule has 11 heteroatoms. The van der Waals surface area contributed by atoms with Crippen LogP contribution < -0.4 is 19.7 Å². The van der Waals surface area contributed by atoms with Crippen LogP contribution in [0, 0.1) is 18.2 Å². The van der Waals surface area contributed by atoms with E-state index in [9.17, 15) is 9.50 Å². The molecule has 9 nitrogen and oxygen atoms in total. The largest absolute Gasteiger partial charge is 0.508 e. The zero-order valence-corrected chi connectivity index (χ0v) is 24.6. The Kier molecular flexibility index (Phi) is 5.93. The number of anilines is 1. The topological polar surface area (TPSA) is 95.9 Å². The Balaban J connectivity index is 1.24. The van der Waals surface area contributed by atoms with Crippen LogP contribution in [0.5, 0.6) is 17.6 Å². The lowest BCUT2D eigenvalue weighted by atomic mass is 9.95. The molecule has 0 saturated carbocycles. The van der Waals surface area contributed by atoms with Crippen LogP contribution in [-0.4, -0.2) is 87.6 Å². The molecule has 5 aliphatic rings. The summed E-state index contributed by atoms with van der Waals surface area (Å²) in [6.07, 6.45) is 9.21. The highest BCUT2D eigenvalue weighted by molar-refractivity contribution is 6.04. The maximum atomic E-state index is 17.0. The average molecular weight is 611 g/mol. The van der Waals surface area contributed by atoms with Crippen LogP contribution in [0.4, 0.5) is 14.6 Å². The first-order valence-corrected chi connectivity index (χ1v) is 15.7. The standard InChI is InChI=1S/C34H32F2N6O3/c1-2-18-5-3-6-19-11-22(43)12-23(26(18)19)29-28(36)30-27-31(42-15-21-7-8-24(37-21)25(42)16-44-32(27)38-29)40-33(39-30)45-17-34-9-4-10-41(34)14-20(35)13-34/h1,3,5-6,11-12,20-21,24-25,37,43H,4,7-10,13-17H2/t20-,21?,24?,25?,34+/m1/s1. The Morgan fingerprint density at radius 2 is 2.09 bits per heavy atom. The number of piperazine rings is 1. The van der Waals surface area contributed by atoms with E-state index in [-0.39, 0.29) is 53.6 Å². The Bertz CT molecular complexity index is 1930. The van der Waals surface area contributed by atoms with E-state index in [1.165, 1.54) is 6.07 Å². The second-order valence-electron chi connectivity index (χ2n) is 13.1. The highest BCUT2D eigenvalue weighted by Crippen LogP contribution is 2.45. The summed E-state index contributed by atoms with van der Waals surface area (Å²) in [5.74, 6) is 2.70. The second kappa shape index (κ2) is 9.86. The van der Waals surface area contributed by atoms with Crippen molar-refractivity contribution >= 4 is 27.5 Å². The second-order valence-corrected chi connectivity index (χ2v) is 13.1. The number of nitrogens with zero attached hydrogens (tertiary/aromatic N) is 5. The van der Waals surface area contributed by atoms with Gasteiger partial charge in [-0.1, -0.05) is 18.1 Å². The minimum absolute atomic E-state index is 0.0202. The van der Waals surface area contributed by atoms with E-state index in [1.54, 1.807) is 18.2 Å². The zero-order valence-electron chi connectivity index (χ0n) is 24.6. The van der Waals surface area contributed by atoms with Gasteiger partial charge in [-0.25, -0.2) is 13.8 Å². The molecule has 4 aromatic rings. The number of pyridine rings is 1. The van der Waals surface area contributed by atoms with Gasteiger partial charge in [0.25, 0.3) is 0 Å². The van der Waals surface area contributed by atoms with Crippen molar-refractivity contribution in [3.05, 3.63) is 41.7 Å². The zero-order chi connectivity index (χ0) is 30.4. The summed E-state index contributed by atoms with van der Waals surface area (Å²) in [6, 6.07) is 8.91. The number of benzene rings is 2. The number of terminal acetylenes is 1. The smallest absolute Gasteiger partial charge is 0.319 e. The van der Waals surface area contributed by atoms with E-state index in [1.807, 2.05) is 6.07 Å². The van der Waals surface area contributed by atoms with Gasteiger partial charge < -0.3 is 24.8 Å². The number of hydrogen-bond acceptors (Lipinski definition) is 9. The van der Waals surface area contributed by atoms with Gasteiger partial charge in [0.2, 0.25) is 5.88 Å². The lowest BCUT2D eigenvalue weighted by molar-refractivity contribution is 0.107. The number of fused-ring (bicyclic) bond motifs is 7. The van der Waals surface area contributed by atoms with Crippen molar-refractivity contribution in [2.75, 3.05) is 37.7 Å². The van der Waals surface area contributed by atoms with Crippen molar-refractivity contribution in [2.24, 2.45) is 0 Å². The molecule has 2 aromatic heterocycles. The number of aromatic nitrogens is 3. The Hall–Kier alpha value is -4.27. The van der Waals surface area contributed by atoms with Gasteiger partial charge in [-0.2, -0.15) is 9.97 Å². The molecule has 0 spiro atoms. The summed E-state index contributed by atoms with van der Waals surface area (Å²) in [4.78, 5) is 18.7. The van der Waals surface area contributed by atoms with E-state index in [4.69, 9.17) is 25.9 Å². The number of rotatable bonds is 4. The molecule has 0 aliphatic carbocycles. The maximum Gasteiger partial charge on any atom is 0.319 e. The average Bonchev–Trinajstić information content (AvgIpc) is 3.67. The van der Waals surface area contributed by atoms with Crippen LogP contribution in [0.3, 0.4) is 0 Å². The van der Waals surface area contributed by atoms with Crippen molar-refractivity contribution in [3.8, 4) is 41.2 Å². The molecule has 45 heavy (non-hydrogen) atoms. The number of nitrogens with one attached hydrogen (secondary N) is 1. The summed E-state index contributed by atoms with van der Waals surface area (Å²) < 4.78 is 44.2. The first kappa shape index (κ1) is 27.1. The molecule has 5 atom stereocenters.